The molecule has 0 aromatic carbocycles. The van der Waals surface area contributed by atoms with Gasteiger partial charge in [0.25, 0.3) is 0 Å². The van der Waals surface area contributed by atoms with Gasteiger partial charge in [-0.2, -0.15) is 0 Å². The Hall–Kier alpha value is -1.53. The molecule has 0 spiro atoms. The van der Waals surface area contributed by atoms with Crippen molar-refractivity contribution in [1.29, 1.82) is 0 Å². The first-order valence-electron chi connectivity index (χ1n) is 7.03. The Morgan fingerprint density at radius 2 is 2.32 bits per heavy atom. The van der Waals surface area contributed by atoms with Crippen LogP contribution in [0.25, 0.3) is 16.3 Å². The average molecular weight is 336 g/mol. The van der Waals surface area contributed by atoms with Crippen LogP contribution < -0.4 is 5.32 Å². The maximum absolute atomic E-state index is 11.5. The van der Waals surface area contributed by atoms with Gasteiger partial charge >= 0.3 is 6.09 Å². The SMILES string of the molecule is CC(C)(C)OC(=O)NCCS/C=C\c1csc2ncccc12. The van der Waals surface area contributed by atoms with Crippen molar-refractivity contribution in [3.05, 3.63) is 34.7 Å². The number of pyridine rings is 1. The molecule has 6 heteroatoms. The van der Waals surface area contributed by atoms with E-state index in [1.807, 2.05) is 38.4 Å². The van der Waals surface area contributed by atoms with Crippen LogP contribution in [0.15, 0.2) is 29.1 Å². The Balaban J connectivity index is 1.72. The van der Waals surface area contributed by atoms with E-state index < -0.39 is 5.60 Å². The second-order valence-electron chi connectivity index (χ2n) is 5.65. The number of hydrogen-bond donors (Lipinski definition) is 1. The summed E-state index contributed by atoms with van der Waals surface area (Å²) in [6.45, 7) is 6.13. The summed E-state index contributed by atoms with van der Waals surface area (Å²) in [5, 5.41) is 8.07. The number of alkyl carbamates (subject to hydrolysis) is 1. The first-order chi connectivity index (χ1) is 10.5. The van der Waals surface area contributed by atoms with Gasteiger partial charge in [0.15, 0.2) is 0 Å². The van der Waals surface area contributed by atoms with E-state index in [1.54, 1.807) is 23.1 Å². The highest BCUT2D eigenvalue weighted by Gasteiger charge is 2.15. The highest BCUT2D eigenvalue weighted by Crippen LogP contribution is 2.25. The van der Waals surface area contributed by atoms with Gasteiger partial charge in [0.2, 0.25) is 0 Å². The van der Waals surface area contributed by atoms with Crippen molar-refractivity contribution >= 4 is 45.5 Å². The number of carbonyl (C=O) groups is 1. The van der Waals surface area contributed by atoms with Crippen molar-refractivity contribution in [3.63, 3.8) is 0 Å². The van der Waals surface area contributed by atoms with Crippen LogP contribution in [0.2, 0.25) is 0 Å². The van der Waals surface area contributed by atoms with E-state index in [-0.39, 0.29) is 6.09 Å². The molecule has 2 heterocycles. The molecule has 118 valence electrons. The molecule has 0 radical (unpaired) electrons. The summed E-state index contributed by atoms with van der Waals surface area (Å²) in [6, 6.07) is 4.03. The highest BCUT2D eigenvalue weighted by atomic mass is 32.2. The number of aromatic nitrogens is 1. The van der Waals surface area contributed by atoms with Crippen LogP contribution in [-0.2, 0) is 4.74 Å². The molecule has 0 unspecified atom stereocenters. The number of hydrogen-bond acceptors (Lipinski definition) is 5. The fourth-order valence-corrected chi connectivity index (χ4v) is 3.21. The van der Waals surface area contributed by atoms with E-state index in [2.05, 4.69) is 27.8 Å². The fourth-order valence-electron chi connectivity index (χ4n) is 1.73. The lowest BCUT2D eigenvalue weighted by Gasteiger charge is -2.19. The van der Waals surface area contributed by atoms with Gasteiger partial charge in [-0.25, -0.2) is 9.78 Å². The molecule has 0 atom stereocenters. The number of thioether (sulfide) groups is 1. The van der Waals surface area contributed by atoms with Crippen molar-refractivity contribution in [2.24, 2.45) is 0 Å². The average Bonchev–Trinajstić information content (AvgIpc) is 2.84. The molecule has 2 aromatic rings. The number of fused-ring (bicyclic) bond motifs is 1. The lowest BCUT2D eigenvalue weighted by atomic mass is 10.2. The van der Waals surface area contributed by atoms with Crippen molar-refractivity contribution in [3.8, 4) is 0 Å². The molecule has 1 amide bonds. The number of amides is 1. The zero-order valence-corrected chi connectivity index (χ0v) is 14.6. The quantitative estimate of drug-likeness (QED) is 0.815. The molecule has 2 aromatic heterocycles. The minimum Gasteiger partial charge on any atom is -0.444 e. The number of ether oxygens (including phenoxy) is 1. The summed E-state index contributed by atoms with van der Waals surface area (Å²) in [4.78, 5) is 16.8. The molecular weight excluding hydrogens is 316 g/mol. The predicted octanol–water partition coefficient (Wildman–Crippen LogP) is 4.52. The summed E-state index contributed by atoms with van der Waals surface area (Å²) in [7, 11) is 0. The molecule has 22 heavy (non-hydrogen) atoms. The summed E-state index contributed by atoms with van der Waals surface area (Å²) >= 11 is 3.30. The highest BCUT2D eigenvalue weighted by molar-refractivity contribution is 8.02. The van der Waals surface area contributed by atoms with Gasteiger partial charge in [0, 0.05) is 29.3 Å². The zero-order valence-electron chi connectivity index (χ0n) is 13.0. The molecule has 0 aliphatic carbocycles. The predicted molar refractivity (Wildman–Crippen MR) is 95.3 cm³/mol. The third kappa shape index (κ3) is 5.35. The minimum absolute atomic E-state index is 0.369. The number of carbonyl (C=O) groups excluding carboxylic acids is 1. The number of thiophene rings is 1. The van der Waals surface area contributed by atoms with Crippen LogP contribution in [0.4, 0.5) is 4.79 Å². The lowest BCUT2D eigenvalue weighted by molar-refractivity contribution is 0.0531. The van der Waals surface area contributed by atoms with Crippen LogP contribution in [-0.4, -0.2) is 29.0 Å². The second-order valence-corrected chi connectivity index (χ2v) is 7.52. The Labute approximate surface area is 139 Å². The maximum atomic E-state index is 11.5. The molecule has 1 N–H and O–H groups in total. The largest absolute Gasteiger partial charge is 0.444 e. The molecule has 0 saturated carbocycles. The van der Waals surface area contributed by atoms with Gasteiger partial charge in [-0.1, -0.05) is 0 Å². The third-order valence-corrected chi connectivity index (χ3v) is 4.30. The van der Waals surface area contributed by atoms with Crippen molar-refractivity contribution in [2.75, 3.05) is 12.3 Å². The number of rotatable bonds is 5. The van der Waals surface area contributed by atoms with Gasteiger partial charge in [0.05, 0.1) is 0 Å². The van der Waals surface area contributed by atoms with E-state index in [0.717, 1.165) is 10.6 Å². The normalized spacial score (nSPS) is 12.0. The molecule has 4 nitrogen and oxygen atoms in total. The standard InChI is InChI=1S/C16H20N2O2S2/c1-16(2,3)20-15(19)18-8-10-21-9-6-12-11-22-14-13(12)5-4-7-17-14/h4-7,9,11H,8,10H2,1-3H3,(H,18,19)/b9-6-. The first kappa shape index (κ1) is 16.8. The maximum Gasteiger partial charge on any atom is 0.407 e. The van der Waals surface area contributed by atoms with Crippen molar-refractivity contribution in [1.82, 2.24) is 10.3 Å². The van der Waals surface area contributed by atoms with Crippen LogP contribution in [0.1, 0.15) is 26.3 Å². The number of nitrogens with zero attached hydrogens (tertiary/aromatic N) is 1. The number of nitrogens with one attached hydrogen (secondary N) is 1. The van der Waals surface area contributed by atoms with E-state index in [0.29, 0.717) is 6.54 Å². The zero-order chi connectivity index (χ0) is 16.0. The van der Waals surface area contributed by atoms with Gasteiger partial charge in [0.1, 0.15) is 10.4 Å². The monoisotopic (exact) mass is 336 g/mol. The Morgan fingerprint density at radius 3 is 3.09 bits per heavy atom. The Kier molecular flexibility index (Phi) is 5.85. The molecule has 2 rings (SSSR count). The third-order valence-electron chi connectivity index (χ3n) is 2.61. The summed E-state index contributed by atoms with van der Waals surface area (Å²) in [5.74, 6) is 0.802. The fraction of sp³-hybridized carbons (Fsp3) is 0.375. The summed E-state index contributed by atoms with van der Waals surface area (Å²) in [6.07, 6.45) is 3.52. The van der Waals surface area contributed by atoms with E-state index in [4.69, 9.17) is 4.74 Å². The van der Waals surface area contributed by atoms with Crippen LogP contribution >= 0.6 is 23.1 Å². The molecule has 0 fully saturated rings. The van der Waals surface area contributed by atoms with E-state index >= 15 is 0 Å². The van der Waals surface area contributed by atoms with Gasteiger partial charge in [-0.15, -0.1) is 23.1 Å². The van der Waals surface area contributed by atoms with E-state index in [9.17, 15) is 4.79 Å². The lowest BCUT2D eigenvalue weighted by Crippen LogP contribution is -2.33. The molecule has 0 saturated heterocycles. The van der Waals surface area contributed by atoms with Crippen LogP contribution in [0.3, 0.4) is 0 Å². The van der Waals surface area contributed by atoms with Crippen LogP contribution in [0.5, 0.6) is 0 Å². The Morgan fingerprint density at radius 1 is 1.50 bits per heavy atom. The second kappa shape index (κ2) is 7.65. The van der Waals surface area contributed by atoms with Crippen LogP contribution in [0, 0.1) is 0 Å². The Bertz CT molecular complexity index is 659. The van der Waals surface area contributed by atoms with Gasteiger partial charge in [-0.3, -0.25) is 0 Å². The summed E-state index contributed by atoms with van der Waals surface area (Å²) in [5.41, 5.74) is 0.728. The first-order valence-corrected chi connectivity index (χ1v) is 8.96. The molecule has 0 aliphatic rings. The molecule has 0 aliphatic heterocycles. The van der Waals surface area contributed by atoms with Gasteiger partial charge in [-0.05, 0) is 50.0 Å². The minimum atomic E-state index is -0.453. The van der Waals surface area contributed by atoms with Gasteiger partial charge < -0.3 is 10.1 Å². The molecule has 0 bridgehead atoms. The van der Waals surface area contributed by atoms with E-state index in [1.165, 1.54) is 10.9 Å². The summed E-state index contributed by atoms with van der Waals surface area (Å²) < 4.78 is 5.17. The van der Waals surface area contributed by atoms with Crippen molar-refractivity contribution in [2.45, 2.75) is 26.4 Å². The molecular formula is C16H20N2O2S2. The topological polar surface area (TPSA) is 51.2 Å². The van der Waals surface area contributed by atoms with Crippen molar-refractivity contribution < 1.29 is 9.53 Å². The smallest absolute Gasteiger partial charge is 0.407 e.